The van der Waals surface area contributed by atoms with E-state index in [-0.39, 0.29) is 0 Å². The zero-order valence-corrected chi connectivity index (χ0v) is 8.53. The smallest absolute Gasteiger partial charge is 0.222 e. The molecule has 0 aliphatic carbocycles. The Kier molecular flexibility index (Phi) is 1.75. The lowest BCUT2D eigenvalue weighted by molar-refractivity contribution is 0.440. The Balaban J connectivity index is 2.11. The van der Waals surface area contributed by atoms with Gasteiger partial charge in [-0.05, 0) is 24.6 Å². The van der Waals surface area contributed by atoms with Crippen LogP contribution >= 0.6 is 0 Å². The second kappa shape index (κ2) is 3.09. The molecule has 1 aromatic heterocycles. The van der Waals surface area contributed by atoms with E-state index in [1.54, 1.807) is 6.20 Å². The van der Waals surface area contributed by atoms with E-state index < -0.39 is 0 Å². The van der Waals surface area contributed by atoms with Crippen LogP contribution in [0.3, 0.4) is 0 Å². The molecule has 3 rings (SSSR count). The number of pyridine rings is 1. The van der Waals surface area contributed by atoms with Gasteiger partial charge in [-0.15, -0.1) is 0 Å². The molecule has 2 aromatic rings. The minimum Gasteiger partial charge on any atom is -0.438 e. The largest absolute Gasteiger partial charge is 0.438 e. The first-order chi connectivity index (χ1) is 7.33. The highest BCUT2D eigenvalue weighted by atomic mass is 16.5. The minimum atomic E-state index is 0.744. The van der Waals surface area contributed by atoms with E-state index in [4.69, 9.17) is 4.74 Å². The Bertz CT molecular complexity index is 520. The molecule has 0 saturated heterocycles. The van der Waals surface area contributed by atoms with Crippen LogP contribution in [0.1, 0.15) is 16.7 Å². The summed E-state index contributed by atoms with van der Waals surface area (Å²) in [6.07, 6.45) is 2.68. The molecule has 0 atom stereocenters. The average molecular weight is 197 g/mol. The van der Waals surface area contributed by atoms with Crippen molar-refractivity contribution in [1.29, 1.82) is 0 Å². The highest BCUT2D eigenvalue weighted by molar-refractivity contribution is 5.47. The van der Waals surface area contributed by atoms with Crippen molar-refractivity contribution in [1.82, 2.24) is 4.98 Å². The molecule has 0 saturated carbocycles. The molecule has 15 heavy (non-hydrogen) atoms. The van der Waals surface area contributed by atoms with Crippen LogP contribution < -0.4 is 4.74 Å². The fourth-order valence-electron chi connectivity index (χ4n) is 1.91. The molecule has 0 radical (unpaired) electrons. The number of rotatable bonds is 0. The SMILES string of the molecule is Cc1ccc2c(c1)Cc1cccnc1O2. The predicted molar refractivity (Wildman–Crippen MR) is 58.3 cm³/mol. The van der Waals surface area contributed by atoms with Crippen molar-refractivity contribution in [2.75, 3.05) is 0 Å². The van der Waals surface area contributed by atoms with E-state index in [1.165, 1.54) is 11.1 Å². The molecule has 2 heterocycles. The van der Waals surface area contributed by atoms with Crippen LogP contribution in [0, 0.1) is 6.92 Å². The number of aromatic nitrogens is 1. The van der Waals surface area contributed by atoms with Gasteiger partial charge in [-0.2, -0.15) is 0 Å². The lowest BCUT2D eigenvalue weighted by atomic mass is 10.0. The van der Waals surface area contributed by atoms with E-state index in [1.807, 2.05) is 12.1 Å². The van der Waals surface area contributed by atoms with Crippen molar-refractivity contribution in [3.05, 3.63) is 53.2 Å². The third kappa shape index (κ3) is 1.38. The number of hydrogen-bond acceptors (Lipinski definition) is 2. The first-order valence-corrected chi connectivity index (χ1v) is 5.04. The van der Waals surface area contributed by atoms with Gasteiger partial charge >= 0.3 is 0 Å². The maximum Gasteiger partial charge on any atom is 0.222 e. The van der Waals surface area contributed by atoms with E-state index in [0.29, 0.717) is 0 Å². The van der Waals surface area contributed by atoms with E-state index in [2.05, 4.69) is 30.1 Å². The topological polar surface area (TPSA) is 22.1 Å². The molecular formula is C13H11NO. The summed E-state index contributed by atoms with van der Waals surface area (Å²) in [5, 5.41) is 0. The third-order valence-electron chi connectivity index (χ3n) is 2.65. The second-order valence-electron chi connectivity index (χ2n) is 3.86. The van der Waals surface area contributed by atoms with Gasteiger partial charge in [-0.3, -0.25) is 0 Å². The monoisotopic (exact) mass is 197 g/mol. The summed E-state index contributed by atoms with van der Waals surface area (Å²) in [5.74, 6) is 1.68. The van der Waals surface area contributed by atoms with Crippen molar-refractivity contribution in [3.63, 3.8) is 0 Å². The first kappa shape index (κ1) is 8.48. The van der Waals surface area contributed by atoms with Crippen molar-refractivity contribution < 1.29 is 4.74 Å². The minimum absolute atomic E-state index is 0.744. The molecule has 0 fully saturated rings. The van der Waals surface area contributed by atoms with Crippen molar-refractivity contribution in [2.24, 2.45) is 0 Å². The number of fused-ring (bicyclic) bond motifs is 2. The van der Waals surface area contributed by atoms with Crippen LogP contribution in [0.25, 0.3) is 0 Å². The molecule has 1 aliphatic rings. The van der Waals surface area contributed by atoms with Crippen molar-refractivity contribution in [3.8, 4) is 11.6 Å². The van der Waals surface area contributed by atoms with Crippen LogP contribution in [0.2, 0.25) is 0 Å². The summed E-state index contributed by atoms with van der Waals surface area (Å²) in [6, 6.07) is 10.3. The molecule has 0 amide bonds. The number of aryl methyl sites for hydroxylation is 1. The van der Waals surface area contributed by atoms with Gasteiger partial charge in [0, 0.05) is 18.2 Å². The molecule has 0 bridgehead atoms. The first-order valence-electron chi connectivity index (χ1n) is 5.04. The van der Waals surface area contributed by atoms with Crippen LogP contribution in [-0.2, 0) is 6.42 Å². The lowest BCUT2D eigenvalue weighted by Crippen LogP contribution is -2.04. The number of ether oxygens (including phenoxy) is 1. The molecule has 0 N–H and O–H groups in total. The summed E-state index contributed by atoms with van der Waals surface area (Å²) in [5.41, 5.74) is 3.68. The molecule has 2 nitrogen and oxygen atoms in total. The zero-order valence-electron chi connectivity index (χ0n) is 8.53. The number of nitrogens with zero attached hydrogens (tertiary/aromatic N) is 1. The summed E-state index contributed by atoms with van der Waals surface area (Å²) < 4.78 is 5.72. The highest BCUT2D eigenvalue weighted by Crippen LogP contribution is 2.34. The number of benzene rings is 1. The van der Waals surface area contributed by atoms with Gasteiger partial charge in [0.1, 0.15) is 5.75 Å². The van der Waals surface area contributed by atoms with Gasteiger partial charge in [-0.25, -0.2) is 4.98 Å². The maximum absolute atomic E-state index is 5.72. The summed E-state index contributed by atoms with van der Waals surface area (Å²) in [4.78, 5) is 4.22. The normalized spacial score (nSPS) is 12.6. The quantitative estimate of drug-likeness (QED) is 0.552. The summed E-state index contributed by atoms with van der Waals surface area (Å²) in [6.45, 7) is 2.10. The fourth-order valence-corrected chi connectivity index (χ4v) is 1.91. The van der Waals surface area contributed by atoms with Crippen molar-refractivity contribution in [2.45, 2.75) is 13.3 Å². The van der Waals surface area contributed by atoms with E-state index >= 15 is 0 Å². The average Bonchev–Trinajstić information content (AvgIpc) is 2.26. The molecule has 1 aromatic carbocycles. The Morgan fingerprint density at radius 2 is 2.13 bits per heavy atom. The van der Waals surface area contributed by atoms with Crippen LogP contribution in [-0.4, -0.2) is 4.98 Å². The van der Waals surface area contributed by atoms with Crippen LogP contribution in [0.4, 0.5) is 0 Å². The van der Waals surface area contributed by atoms with Gasteiger partial charge in [-0.1, -0.05) is 23.8 Å². The Labute approximate surface area is 88.5 Å². The molecule has 2 heteroatoms. The third-order valence-corrected chi connectivity index (χ3v) is 2.65. The van der Waals surface area contributed by atoms with Gasteiger partial charge in [0.25, 0.3) is 0 Å². The van der Waals surface area contributed by atoms with Gasteiger partial charge in [0.15, 0.2) is 0 Å². The Morgan fingerprint density at radius 1 is 1.20 bits per heavy atom. The molecular weight excluding hydrogens is 186 g/mol. The van der Waals surface area contributed by atoms with Gasteiger partial charge in [0.2, 0.25) is 5.88 Å². The fraction of sp³-hybridized carbons (Fsp3) is 0.154. The van der Waals surface area contributed by atoms with E-state index in [0.717, 1.165) is 23.6 Å². The Hall–Kier alpha value is -1.83. The van der Waals surface area contributed by atoms with E-state index in [9.17, 15) is 0 Å². The molecule has 0 spiro atoms. The lowest BCUT2D eigenvalue weighted by Gasteiger charge is -2.18. The van der Waals surface area contributed by atoms with Crippen LogP contribution in [0.5, 0.6) is 11.6 Å². The van der Waals surface area contributed by atoms with Crippen LogP contribution in [0.15, 0.2) is 36.5 Å². The highest BCUT2D eigenvalue weighted by Gasteiger charge is 2.16. The Morgan fingerprint density at radius 3 is 3.07 bits per heavy atom. The summed E-state index contributed by atoms with van der Waals surface area (Å²) >= 11 is 0. The molecule has 1 aliphatic heterocycles. The predicted octanol–water partition coefficient (Wildman–Crippen LogP) is 3.09. The molecule has 74 valence electrons. The summed E-state index contributed by atoms with van der Waals surface area (Å²) in [7, 11) is 0. The van der Waals surface area contributed by atoms with Crippen molar-refractivity contribution >= 4 is 0 Å². The number of hydrogen-bond donors (Lipinski definition) is 0. The maximum atomic E-state index is 5.72. The zero-order chi connectivity index (χ0) is 10.3. The second-order valence-corrected chi connectivity index (χ2v) is 3.86. The standard InChI is InChI=1S/C13H11NO/c1-9-4-5-12-11(7-9)8-10-3-2-6-14-13(10)15-12/h2-7H,8H2,1H3. The molecule has 0 unspecified atom stereocenters. The van der Waals surface area contributed by atoms with Gasteiger partial charge in [0.05, 0.1) is 0 Å². The van der Waals surface area contributed by atoms with Gasteiger partial charge < -0.3 is 4.74 Å².